The van der Waals surface area contributed by atoms with E-state index in [1.165, 1.54) is 22.7 Å². The Morgan fingerprint density at radius 1 is 1.19 bits per heavy atom. The molecule has 0 unspecified atom stereocenters. The topological polar surface area (TPSA) is 58.2 Å². The van der Waals surface area contributed by atoms with E-state index in [1.807, 2.05) is 17.5 Å². The number of nitrogens with one attached hydrogen (secondary N) is 2. The van der Waals surface area contributed by atoms with Gasteiger partial charge in [0.25, 0.3) is 5.91 Å². The van der Waals surface area contributed by atoms with Crippen LogP contribution in [-0.2, 0) is 10.5 Å². The molecule has 0 bridgehead atoms. The third kappa shape index (κ3) is 5.41. The number of hydrogen-bond acceptors (Lipinski definition) is 4. The molecule has 4 nitrogen and oxygen atoms in total. The van der Waals surface area contributed by atoms with Gasteiger partial charge in [-0.2, -0.15) is 0 Å². The summed E-state index contributed by atoms with van der Waals surface area (Å²) in [6, 6.07) is 10.5. The van der Waals surface area contributed by atoms with Gasteiger partial charge in [-0.25, -0.2) is 0 Å². The molecule has 0 aliphatic heterocycles. The first kappa shape index (κ1) is 15.9. The molecule has 0 aliphatic rings. The molecule has 1 heterocycles. The van der Waals surface area contributed by atoms with Crippen LogP contribution in [0.25, 0.3) is 0 Å². The Morgan fingerprint density at radius 2 is 2.05 bits per heavy atom. The molecule has 1 aromatic carbocycles. The number of carbonyl (C=O) groups is 2. The van der Waals surface area contributed by atoms with E-state index < -0.39 is 5.91 Å². The molecule has 0 aliphatic carbocycles. The third-order valence-electron chi connectivity index (χ3n) is 2.46. The van der Waals surface area contributed by atoms with Gasteiger partial charge in [0, 0.05) is 21.2 Å². The average Bonchev–Trinajstić information content (AvgIpc) is 2.98. The zero-order valence-corrected chi connectivity index (χ0v) is 13.4. The van der Waals surface area contributed by atoms with E-state index in [0.717, 1.165) is 5.75 Å². The highest BCUT2D eigenvalue weighted by molar-refractivity contribution is 7.99. The van der Waals surface area contributed by atoms with Crippen molar-refractivity contribution in [3.05, 3.63) is 57.2 Å². The molecule has 0 radical (unpaired) electrons. The second-order valence-corrected chi connectivity index (χ2v) is 6.54. The molecular weight excluding hydrogens is 328 g/mol. The Bertz CT molecular complexity index is 617. The maximum absolute atomic E-state index is 11.8. The van der Waals surface area contributed by atoms with Crippen molar-refractivity contribution in [2.75, 3.05) is 5.75 Å². The van der Waals surface area contributed by atoms with Crippen LogP contribution in [0.2, 0.25) is 5.02 Å². The van der Waals surface area contributed by atoms with Gasteiger partial charge in [-0.15, -0.1) is 23.1 Å². The predicted molar refractivity (Wildman–Crippen MR) is 87.5 cm³/mol. The number of amides is 2. The SMILES string of the molecule is O=C(CSCc1cccs1)NNC(=O)c1cccc(Cl)c1. The molecule has 0 saturated heterocycles. The molecule has 0 spiro atoms. The van der Waals surface area contributed by atoms with Gasteiger partial charge in [0.1, 0.15) is 0 Å². The summed E-state index contributed by atoms with van der Waals surface area (Å²) in [7, 11) is 0. The molecule has 0 fully saturated rings. The van der Waals surface area contributed by atoms with Gasteiger partial charge in [-0.1, -0.05) is 23.7 Å². The number of carbonyl (C=O) groups excluding carboxylic acids is 2. The van der Waals surface area contributed by atoms with Crippen molar-refractivity contribution in [3.8, 4) is 0 Å². The summed E-state index contributed by atoms with van der Waals surface area (Å²) >= 11 is 8.95. The molecule has 110 valence electrons. The lowest BCUT2D eigenvalue weighted by atomic mass is 10.2. The summed E-state index contributed by atoms with van der Waals surface area (Å²) in [6.45, 7) is 0. The number of hydrogen-bond donors (Lipinski definition) is 2. The summed E-state index contributed by atoms with van der Waals surface area (Å²) in [5.41, 5.74) is 5.14. The lowest BCUT2D eigenvalue weighted by Gasteiger charge is -2.07. The van der Waals surface area contributed by atoms with Crippen molar-refractivity contribution in [2.24, 2.45) is 0 Å². The second kappa shape index (κ2) is 8.07. The molecule has 2 N–H and O–H groups in total. The molecule has 2 amide bonds. The van der Waals surface area contributed by atoms with Crippen LogP contribution in [0.5, 0.6) is 0 Å². The van der Waals surface area contributed by atoms with E-state index in [-0.39, 0.29) is 11.7 Å². The van der Waals surface area contributed by atoms with Gasteiger partial charge < -0.3 is 0 Å². The molecular formula is C14H13ClN2O2S2. The van der Waals surface area contributed by atoms with E-state index in [0.29, 0.717) is 10.6 Å². The van der Waals surface area contributed by atoms with E-state index in [1.54, 1.807) is 29.5 Å². The lowest BCUT2D eigenvalue weighted by Crippen LogP contribution is -2.42. The fraction of sp³-hybridized carbons (Fsp3) is 0.143. The van der Waals surface area contributed by atoms with E-state index in [2.05, 4.69) is 10.9 Å². The minimum atomic E-state index is -0.394. The van der Waals surface area contributed by atoms with E-state index >= 15 is 0 Å². The zero-order chi connectivity index (χ0) is 15.1. The molecule has 21 heavy (non-hydrogen) atoms. The Balaban J connectivity index is 1.70. The fourth-order valence-electron chi connectivity index (χ4n) is 1.50. The Hall–Kier alpha value is -1.50. The molecule has 7 heteroatoms. The smallest absolute Gasteiger partial charge is 0.269 e. The second-order valence-electron chi connectivity index (χ2n) is 4.08. The van der Waals surface area contributed by atoms with Gasteiger partial charge in [0.2, 0.25) is 5.91 Å². The Labute approximate surface area is 135 Å². The molecule has 0 saturated carbocycles. The van der Waals surface area contributed by atoms with E-state index in [4.69, 9.17) is 11.6 Å². The number of thioether (sulfide) groups is 1. The molecule has 2 aromatic rings. The summed E-state index contributed by atoms with van der Waals surface area (Å²) in [4.78, 5) is 24.6. The first-order chi connectivity index (χ1) is 10.1. The summed E-state index contributed by atoms with van der Waals surface area (Å²) in [5.74, 6) is 0.433. The zero-order valence-electron chi connectivity index (χ0n) is 11.0. The van der Waals surface area contributed by atoms with Gasteiger partial charge in [0.05, 0.1) is 5.75 Å². The summed E-state index contributed by atoms with van der Waals surface area (Å²) < 4.78 is 0. The number of rotatable bonds is 5. The highest BCUT2D eigenvalue weighted by atomic mass is 35.5. The first-order valence-corrected chi connectivity index (χ1v) is 8.51. The van der Waals surface area contributed by atoms with Crippen molar-refractivity contribution in [1.82, 2.24) is 10.9 Å². The van der Waals surface area contributed by atoms with Crippen molar-refractivity contribution in [3.63, 3.8) is 0 Å². The third-order valence-corrected chi connectivity index (χ3v) is 4.74. The lowest BCUT2D eigenvalue weighted by molar-refractivity contribution is -0.119. The Morgan fingerprint density at radius 3 is 2.76 bits per heavy atom. The minimum Gasteiger partial charge on any atom is -0.272 e. The Kier molecular flexibility index (Phi) is 6.10. The fourth-order valence-corrected chi connectivity index (χ4v) is 3.36. The molecule has 2 rings (SSSR count). The maximum Gasteiger partial charge on any atom is 0.269 e. The van der Waals surface area contributed by atoms with Crippen LogP contribution >= 0.6 is 34.7 Å². The monoisotopic (exact) mass is 340 g/mol. The highest BCUT2D eigenvalue weighted by Crippen LogP contribution is 2.16. The minimum absolute atomic E-state index is 0.244. The van der Waals surface area contributed by atoms with Gasteiger partial charge >= 0.3 is 0 Å². The molecule has 1 aromatic heterocycles. The highest BCUT2D eigenvalue weighted by Gasteiger charge is 2.08. The standard InChI is InChI=1S/C14H13ClN2O2S2/c15-11-4-1-3-10(7-11)14(19)17-16-13(18)9-20-8-12-5-2-6-21-12/h1-7H,8-9H2,(H,16,18)(H,17,19). The number of thiophene rings is 1. The van der Waals surface area contributed by atoms with Crippen LogP contribution in [0, 0.1) is 0 Å². The maximum atomic E-state index is 11.8. The van der Waals surface area contributed by atoms with Crippen molar-refractivity contribution >= 4 is 46.5 Å². The molecule has 0 atom stereocenters. The van der Waals surface area contributed by atoms with Crippen LogP contribution in [-0.4, -0.2) is 17.6 Å². The summed E-state index contributed by atoms with van der Waals surface area (Å²) in [6.07, 6.45) is 0. The summed E-state index contributed by atoms with van der Waals surface area (Å²) in [5, 5.41) is 2.47. The average molecular weight is 341 g/mol. The number of benzene rings is 1. The van der Waals surface area contributed by atoms with E-state index in [9.17, 15) is 9.59 Å². The van der Waals surface area contributed by atoms with Gasteiger partial charge in [-0.05, 0) is 29.6 Å². The van der Waals surface area contributed by atoms with Gasteiger partial charge in [-0.3, -0.25) is 20.4 Å². The van der Waals surface area contributed by atoms with Crippen LogP contribution in [0.4, 0.5) is 0 Å². The predicted octanol–water partition coefficient (Wildman–Crippen LogP) is 3.10. The van der Waals surface area contributed by atoms with Crippen molar-refractivity contribution in [2.45, 2.75) is 5.75 Å². The van der Waals surface area contributed by atoms with Gasteiger partial charge in [0.15, 0.2) is 0 Å². The number of hydrazine groups is 1. The largest absolute Gasteiger partial charge is 0.272 e. The van der Waals surface area contributed by atoms with Crippen molar-refractivity contribution < 1.29 is 9.59 Å². The van der Waals surface area contributed by atoms with Crippen molar-refractivity contribution in [1.29, 1.82) is 0 Å². The first-order valence-electron chi connectivity index (χ1n) is 6.10. The van der Waals surface area contributed by atoms with Crippen LogP contribution in [0.3, 0.4) is 0 Å². The van der Waals surface area contributed by atoms with Crippen LogP contribution < -0.4 is 10.9 Å². The quantitative estimate of drug-likeness (QED) is 0.822. The van der Waals surface area contributed by atoms with Crippen LogP contribution in [0.15, 0.2) is 41.8 Å². The van der Waals surface area contributed by atoms with Crippen LogP contribution in [0.1, 0.15) is 15.2 Å². The number of halogens is 1. The normalized spacial score (nSPS) is 10.1.